The lowest BCUT2D eigenvalue weighted by Gasteiger charge is -2.12. The van der Waals surface area contributed by atoms with Crippen molar-refractivity contribution in [2.45, 2.75) is 25.5 Å². The Morgan fingerprint density at radius 1 is 1.29 bits per heavy atom. The van der Waals surface area contributed by atoms with Crippen LogP contribution in [0, 0.1) is 0 Å². The molecule has 4 heteroatoms. The van der Waals surface area contributed by atoms with E-state index >= 15 is 0 Å². The molecule has 17 heavy (non-hydrogen) atoms. The minimum atomic E-state index is -1.19. The Bertz CT molecular complexity index is 578. The third-order valence-corrected chi connectivity index (χ3v) is 4.65. The summed E-state index contributed by atoms with van der Waals surface area (Å²) in [6.07, 6.45) is 1.72. The first-order chi connectivity index (χ1) is 7.98. The quantitative estimate of drug-likeness (QED) is 0.760. The van der Waals surface area contributed by atoms with Gasteiger partial charge in [0.1, 0.15) is 11.0 Å². The molecule has 1 heterocycles. The Kier molecular flexibility index (Phi) is 3.45. The van der Waals surface area contributed by atoms with Crippen LogP contribution >= 0.6 is 11.3 Å². The standard InChI is InChI=1S/C13H15NOS2/c1-13(2,3)17(15)14-8-10-9-16-12-7-5-4-6-11(10)12/h4-9H,1-3H3. The van der Waals surface area contributed by atoms with Crippen LogP contribution in [0.4, 0.5) is 0 Å². The summed E-state index contributed by atoms with van der Waals surface area (Å²) in [4.78, 5) is 0. The Labute approximate surface area is 108 Å². The van der Waals surface area contributed by atoms with Crippen molar-refractivity contribution in [1.82, 2.24) is 0 Å². The molecule has 0 amide bonds. The number of nitrogens with zero attached hydrogens (tertiary/aromatic N) is 1. The summed E-state index contributed by atoms with van der Waals surface area (Å²) in [5, 5.41) is 3.22. The molecule has 0 saturated carbocycles. The van der Waals surface area contributed by atoms with Gasteiger partial charge in [0.2, 0.25) is 0 Å². The molecule has 0 radical (unpaired) electrons. The average Bonchev–Trinajstić information content (AvgIpc) is 2.68. The highest BCUT2D eigenvalue weighted by molar-refractivity contribution is 7.85. The molecule has 1 atom stereocenters. The molecule has 2 aromatic rings. The van der Waals surface area contributed by atoms with Crippen molar-refractivity contribution in [3.63, 3.8) is 0 Å². The Balaban J connectivity index is 2.31. The lowest BCUT2D eigenvalue weighted by atomic mass is 10.2. The summed E-state index contributed by atoms with van der Waals surface area (Å²) in [5.41, 5.74) is 1.04. The molecule has 0 spiro atoms. The maximum Gasteiger partial charge on any atom is 0.144 e. The van der Waals surface area contributed by atoms with Gasteiger partial charge in [-0.25, -0.2) is 4.21 Å². The molecule has 0 aliphatic carbocycles. The topological polar surface area (TPSA) is 29.4 Å². The molecule has 1 aromatic carbocycles. The Morgan fingerprint density at radius 2 is 2.00 bits per heavy atom. The highest BCUT2D eigenvalue weighted by Gasteiger charge is 2.18. The SMILES string of the molecule is CC(C)(C)S(=O)N=Cc1csc2ccccc12. The molecular weight excluding hydrogens is 250 g/mol. The van der Waals surface area contributed by atoms with E-state index in [2.05, 4.69) is 16.5 Å². The van der Waals surface area contributed by atoms with Gasteiger partial charge >= 0.3 is 0 Å². The van der Waals surface area contributed by atoms with Gasteiger partial charge < -0.3 is 0 Å². The lowest BCUT2D eigenvalue weighted by molar-refractivity contribution is 0.651. The largest absolute Gasteiger partial charge is 0.234 e. The van der Waals surface area contributed by atoms with Crippen LogP contribution in [0.3, 0.4) is 0 Å². The van der Waals surface area contributed by atoms with E-state index in [-0.39, 0.29) is 4.75 Å². The zero-order chi connectivity index (χ0) is 12.5. The molecule has 0 fully saturated rings. The second-order valence-corrected chi connectivity index (χ2v) is 7.63. The smallest absolute Gasteiger partial charge is 0.144 e. The Morgan fingerprint density at radius 3 is 2.71 bits per heavy atom. The zero-order valence-electron chi connectivity index (χ0n) is 10.1. The lowest BCUT2D eigenvalue weighted by Crippen LogP contribution is -2.19. The van der Waals surface area contributed by atoms with Crippen LogP contribution in [-0.2, 0) is 11.0 Å². The van der Waals surface area contributed by atoms with Gasteiger partial charge in [-0.2, -0.15) is 4.40 Å². The maximum absolute atomic E-state index is 11.8. The van der Waals surface area contributed by atoms with Crippen molar-refractivity contribution in [3.8, 4) is 0 Å². The number of benzene rings is 1. The summed E-state index contributed by atoms with van der Waals surface area (Å²) in [7, 11) is -1.19. The van der Waals surface area contributed by atoms with Crippen molar-refractivity contribution in [3.05, 3.63) is 35.2 Å². The van der Waals surface area contributed by atoms with E-state index in [1.807, 2.05) is 38.3 Å². The van der Waals surface area contributed by atoms with Gasteiger partial charge in [-0.3, -0.25) is 0 Å². The number of thiophene rings is 1. The van der Waals surface area contributed by atoms with E-state index in [4.69, 9.17) is 0 Å². The van der Waals surface area contributed by atoms with Gasteiger partial charge in [-0.15, -0.1) is 11.3 Å². The van der Waals surface area contributed by atoms with Crippen LogP contribution in [0.15, 0.2) is 34.0 Å². The zero-order valence-corrected chi connectivity index (χ0v) is 11.8. The van der Waals surface area contributed by atoms with Crippen LogP contribution in [0.5, 0.6) is 0 Å². The van der Waals surface area contributed by atoms with Crippen LogP contribution in [0.2, 0.25) is 0 Å². The fraction of sp³-hybridized carbons (Fsp3) is 0.308. The monoisotopic (exact) mass is 265 g/mol. The van der Waals surface area contributed by atoms with Crippen molar-refractivity contribution in [2.24, 2.45) is 4.40 Å². The summed E-state index contributed by atoms with van der Waals surface area (Å²) < 4.78 is 16.9. The summed E-state index contributed by atoms with van der Waals surface area (Å²) in [5.74, 6) is 0. The number of hydrogen-bond acceptors (Lipinski definition) is 2. The molecule has 1 unspecified atom stereocenters. The van der Waals surface area contributed by atoms with Gasteiger partial charge in [0.05, 0.1) is 4.75 Å². The van der Waals surface area contributed by atoms with Crippen molar-refractivity contribution in [2.75, 3.05) is 0 Å². The van der Waals surface area contributed by atoms with Gasteiger partial charge in [0.15, 0.2) is 0 Å². The van der Waals surface area contributed by atoms with Crippen LogP contribution < -0.4 is 0 Å². The number of rotatable bonds is 2. The van der Waals surface area contributed by atoms with Gasteiger partial charge in [0, 0.05) is 27.2 Å². The second-order valence-electron chi connectivity index (χ2n) is 4.78. The molecule has 0 aliphatic rings. The molecule has 90 valence electrons. The predicted octanol–water partition coefficient (Wildman–Crippen LogP) is 3.78. The molecule has 1 aromatic heterocycles. The first kappa shape index (κ1) is 12.5. The first-order valence-corrected chi connectivity index (χ1v) is 7.39. The number of fused-ring (bicyclic) bond motifs is 1. The summed E-state index contributed by atoms with van der Waals surface area (Å²) in [6.45, 7) is 5.77. The minimum Gasteiger partial charge on any atom is -0.234 e. The summed E-state index contributed by atoms with van der Waals surface area (Å²) in [6, 6.07) is 8.17. The summed E-state index contributed by atoms with van der Waals surface area (Å²) >= 11 is 1.68. The average molecular weight is 265 g/mol. The highest BCUT2D eigenvalue weighted by Crippen LogP contribution is 2.24. The van der Waals surface area contributed by atoms with E-state index in [1.54, 1.807) is 17.6 Å². The second kappa shape index (κ2) is 4.70. The third-order valence-electron chi connectivity index (χ3n) is 2.32. The normalized spacial score (nSPS) is 14.5. The van der Waals surface area contributed by atoms with Crippen LogP contribution in [0.1, 0.15) is 26.3 Å². The first-order valence-electron chi connectivity index (χ1n) is 5.41. The molecule has 2 nitrogen and oxygen atoms in total. The molecule has 2 rings (SSSR count). The fourth-order valence-electron chi connectivity index (χ4n) is 1.36. The van der Waals surface area contributed by atoms with Gasteiger partial charge in [-0.05, 0) is 26.8 Å². The van der Waals surface area contributed by atoms with Crippen molar-refractivity contribution < 1.29 is 4.21 Å². The molecule has 0 saturated heterocycles. The van der Waals surface area contributed by atoms with Crippen LogP contribution in [0.25, 0.3) is 10.1 Å². The van der Waals surface area contributed by atoms with E-state index < -0.39 is 11.0 Å². The van der Waals surface area contributed by atoms with E-state index in [0.717, 1.165) is 5.56 Å². The number of hydrogen-bond donors (Lipinski definition) is 0. The van der Waals surface area contributed by atoms with Gasteiger partial charge in [-0.1, -0.05) is 18.2 Å². The van der Waals surface area contributed by atoms with Crippen molar-refractivity contribution >= 4 is 38.6 Å². The molecule has 0 bridgehead atoms. The van der Waals surface area contributed by atoms with Crippen molar-refractivity contribution in [1.29, 1.82) is 0 Å². The van der Waals surface area contributed by atoms with E-state index in [0.29, 0.717) is 0 Å². The molecule has 0 N–H and O–H groups in total. The van der Waals surface area contributed by atoms with Gasteiger partial charge in [0.25, 0.3) is 0 Å². The highest BCUT2D eigenvalue weighted by atomic mass is 32.2. The minimum absolute atomic E-state index is 0.303. The third kappa shape index (κ3) is 2.82. The Hall–Kier alpha value is -1.00. The van der Waals surface area contributed by atoms with E-state index in [1.165, 1.54) is 10.1 Å². The van der Waals surface area contributed by atoms with E-state index in [9.17, 15) is 4.21 Å². The fourth-order valence-corrected chi connectivity index (χ4v) is 2.80. The predicted molar refractivity (Wildman–Crippen MR) is 77.3 cm³/mol. The maximum atomic E-state index is 11.8. The molecule has 0 aliphatic heterocycles. The van der Waals surface area contributed by atoms with Crippen LogP contribution in [-0.4, -0.2) is 15.2 Å². The molecular formula is C13H15NOS2.